The number of carbonyl (C=O) groups is 4. The number of aromatic nitrogens is 6. The highest BCUT2D eigenvalue weighted by Crippen LogP contribution is 2.44. The van der Waals surface area contributed by atoms with Crippen molar-refractivity contribution >= 4 is 82.1 Å². The van der Waals surface area contributed by atoms with Crippen LogP contribution in [-0.4, -0.2) is 113 Å². The Hall–Kier alpha value is -3.27. The maximum Gasteiger partial charge on any atom is 0.318 e. The Balaban J connectivity index is 0.00000552. The molecular weight excluding hydrogens is 674 g/mol. The van der Waals surface area contributed by atoms with Crippen LogP contribution in [0, 0.1) is 10.8 Å². The number of ether oxygens (including phenoxy) is 2. The Bertz CT molecular complexity index is 1420. The summed E-state index contributed by atoms with van der Waals surface area (Å²) in [5.41, 5.74) is 8.95. The number of nitrogen functional groups attached to an aromatic ring is 1. The molecule has 0 spiro atoms. The van der Waals surface area contributed by atoms with Crippen molar-refractivity contribution in [3.05, 3.63) is 5.82 Å². The molecule has 0 radical (unpaired) electrons. The third kappa shape index (κ3) is 8.51. The van der Waals surface area contributed by atoms with Gasteiger partial charge in [-0.25, -0.2) is 4.68 Å². The molecule has 0 saturated carbocycles. The molecule has 0 aliphatic carbocycles. The number of anilines is 1. The van der Waals surface area contributed by atoms with Gasteiger partial charge in [-0.3, -0.25) is 19.2 Å². The number of hydrogen-bond acceptors (Lipinski definition) is 18. The fraction of sp³-hybridized carbons (Fsp3) is 0.652. The van der Waals surface area contributed by atoms with Gasteiger partial charge in [0.15, 0.2) is 5.13 Å². The van der Waals surface area contributed by atoms with Crippen molar-refractivity contribution < 1.29 is 33.5 Å². The first-order valence-electron chi connectivity index (χ1n) is 13.3. The van der Waals surface area contributed by atoms with Gasteiger partial charge in [0, 0.05) is 36.6 Å². The lowest BCUT2D eigenvalue weighted by molar-refractivity contribution is -0.180. The fourth-order valence-electron chi connectivity index (χ4n) is 3.93. The number of fused-ring (bicyclic) bond motifs is 1. The number of aryl methyl sites for hydroxylation is 1. The Morgan fingerprint density at radius 2 is 2.02 bits per heavy atom. The molecule has 0 bridgehead atoms. The van der Waals surface area contributed by atoms with Gasteiger partial charge in [-0.05, 0) is 44.2 Å². The molecule has 248 valence electrons. The molecule has 18 nitrogen and oxygen atoms in total. The Kier molecular flexibility index (Phi) is 12.3. The van der Waals surface area contributed by atoms with E-state index in [9.17, 15) is 19.2 Å². The number of oxime groups is 1. The van der Waals surface area contributed by atoms with E-state index >= 15 is 0 Å². The van der Waals surface area contributed by atoms with E-state index in [1.165, 1.54) is 33.1 Å². The first-order chi connectivity index (χ1) is 20.9. The van der Waals surface area contributed by atoms with E-state index in [-0.39, 0.29) is 53.7 Å². The number of nitrogens with one attached hydrogen (secondary N) is 1. The van der Waals surface area contributed by atoms with Gasteiger partial charge in [-0.1, -0.05) is 16.9 Å². The van der Waals surface area contributed by atoms with E-state index < -0.39 is 52.8 Å². The standard InChI is InChI=1S/C23H33N11O7S3.ClH/c1-22(2,3)18(37)39-11-40-19(38)23(10-43-21-28-31-32-33(21)4)8-34-16(36)13(17(34)42-9-23)26-15(35)12(29-41-7-5-6-24)14-27-20(25)44-30-14;/h13,17H,5-11,24H2,1-4H3,(H,26,35)(H2,25,27,30);1H/t13?,17-,23?;/m1./s1. The second-order valence-corrected chi connectivity index (χ2v) is 13.7. The molecule has 2 aromatic heterocycles. The van der Waals surface area contributed by atoms with Crippen LogP contribution in [0.25, 0.3) is 0 Å². The largest absolute Gasteiger partial charge is 0.427 e. The number of carbonyl (C=O) groups excluding carboxylic acids is 4. The third-order valence-electron chi connectivity index (χ3n) is 6.38. The maximum atomic E-state index is 13.5. The topological polar surface area (TPSA) is 245 Å². The van der Waals surface area contributed by atoms with Crippen molar-refractivity contribution in [2.75, 3.05) is 43.7 Å². The average molecular weight is 708 g/mol. The predicted octanol–water partition coefficient (Wildman–Crippen LogP) is -0.596. The smallest absolute Gasteiger partial charge is 0.318 e. The SMILES string of the molecule is Cl.Cn1nnnc1SCC1(C(=O)OCOC(=O)C(C)(C)C)CS[C@@H]2C(NC(=O)C(=NOCCCN)c3nsc(N)n3)C(=O)N2C1. The molecule has 0 aromatic carbocycles. The van der Waals surface area contributed by atoms with E-state index in [4.69, 9.17) is 25.8 Å². The van der Waals surface area contributed by atoms with Crippen molar-refractivity contribution in [1.82, 2.24) is 39.8 Å². The first-order valence-corrected chi connectivity index (χ1v) is 16.1. The van der Waals surface area contributed by atoms with E-state index in [0.717, 1.165) is 11.5 Å². The molecule has 4 heterocycles. The molecule has 2 fully saturated rings. The molecular formula is C23H34ClN11O7S3. The lowest BCUT2D eigenvalue weighted by Gasteiger charge is -2.54. The Morgan fingerprint density at radius 3 is 2.64 bits per heavy atom. The number of amides is 2. The monoisotopic (exact) mass is 707 g/mol. The molecule has 2 aliphatic rings. The Morgan fingerprint density at radius 1 is 1.27 bits per heavy atom. The van der Waals surface area contributed by atoms with Crippen LogP contribution in [0.4, 0.5) is 5.13 Å². The molecule has 22 heteroatoms. The van der Waals surface area contributed by atoms with Gasteiger partial charge in [0.25, 0.3) is 5.91 Å². The van der Waals surface area contributed by atoms with E-state index in [2.05, 4.69) is 35.4 Å². The highest BCUT2D eigenvalue weighted by molar-refractivity contribution is 8.00. The lowest BCUT2D eigenvalue weighted by atomic mass is 9.89. The zero-order valence-electron chi connectivity index (χ0n) is 24.8. The minimum atomic E-state index is -1.19. The molecule has 3 atom stereocenters. The van der Waals surface area contributed by atoms with E-state index in [1.807, 2.05) is 0 Å². The van der Waals surface area contributed by atoms with Crippen LogP contribution in [0.3, 0.4) is 0 Å². The van der Waals surface area contributed by atoms with Gasteiger partial charge in [0.05, 0.1) is 5.41 Å². The number of nitrogens with zero attached hydrogens (tertiary/aromatic N) is 8. The maximum absolute atomic E-state index is 13.5. The quantitative estimate of drug-likeness (QED) is 0.0447. The molecule has 2 aliphatic heterocycles. The van der Waals surface area contributed by atoms with E-state index in [1.54, 1.807) is 27.8 Å². The zero-order valence-corrected chi connectivity index (χ0v) is 28.1. The van der Waals surface area contributed by atoms with Crippen LogP contribution in [0.1, 0.15) is 33.0 Å². The molecule has 45 heavy (non-hydrogen) atoms. The fourth-order valence-corrected chi connectivity index (χ4v) is 7.07. The van der Waals surface area contributed by atoms with Crippen LogP contribution < -0.4 is 16.8 Å². The normalized spacial score (nSPS) is 21.2. The number of tetrazole rings is 1. The van der Waals surface area contributed by atoms with Crippen LogP contribution in [-0.2, 0) is 40.5 Å². The highest BCUT2D eigenvalue weighted by atomic mass is 35.5. The number of hydrogen-bond donors (Lipinski definition) is 3. The first kappa shape index (κ1) is 36.2. The van der Waals surface area contributed by atoms with Gasteiger partial charge >= 0.3 is 11.9 Å². The lowest BCUT2D eigenvalue weighted by Crippen LogP contribution is -2.74. The van der Waals surface area contributed by atoms with Gasteiger partial charge in [0.2, 0.25) is 29.4 Å². The zero-order chi connectivity index (χ0) is 32.1. The van der Waals surface area contributed by atoms with Gasteiger partial charge in [-0.2, -0.15) is 9.36 Å². The molecule has 2 unspecified atom stereocenters. The number of β-lactam (4-membered cyclic amide) rings is 1. The van der Waals surface area contributed by atoms with Crippen molar-refractivity contribution in [2.24, 2.45) is 28.8 Å². The summed E-state index contributed by atoms with van der Waals surface area (Å²) in [6.45, 7) is 5.00. The van der Waals surface area contributed by atoms with Gasteiger partial charge in [0.1, 0.15) is 23.4 Å². The molecule has 2 amide bonds. The summed E-state index contributed by atoms with van der Waals surface area (Å²) in [4.78, 5) is 62.8. The van der Waals surface area contributed by atoms with Gasteiger partial charge in [-0.15, -0.1) is 29.3 Å². The van der Waals surface area contributed by atoms with Crippen LogP contribution in [0.5, 0.6) is 0 Å². The summed E-state index contributed by atoms with van der Waals surface area (Å²) in [5.74, 6) is -1.96. The summed E-state index contributed by atoms with van der Waals surface area (Å²) in [6, 6.07) is -0.907. The summed E-state index contributed by atoms with van der Waals surface area (Å²) in [6.07, 6.45) is 0.508. The molecule has 2 aromatic rings. The van der Waals surface area contributed by atoms with Crippen molar-refractivity contribution in [1.29, 1.82) is 0 Å². The molecule has 2 saturated heterocycles. The van der Waals surface area contributed by atoms with Gasteiger partial charge < -0.3 is 36.0 Å². The van der Waals surface area contributed by atoms with E-state index in [0.29, 0.717) is 18.1 Å². The number of rotatable bonds is 13. The van der Waals surface area contributed by atoms with Crippen LogP contribution >= 0.6 is 47.5 Å². The summed E-state index contributed by atoms with van der Waals surface area (Å²) in [7, 11) is 1.66. The van der Waals surface area contributed by atoms with Crippen molar-refractivity contribution in [3.8, 4) is 0 Å². The van der Waals surface area contributed by atoms with Crippen LogP contribution in [0.2, 0.25) is 0 Å². The summed E-state index contributed by atoms with van der Waals surface area (Å²) < 4.78 is 16.0. The average Bonchev–Trinajstić information content (AvgIpc) is 3.61. The minimum absolute atomic E-state index is 0. The number of esters is 2. The third-order valence-corrected chi connectivity index (χ3v) is 9.81. The second kappa shape index (κ2) is 15.3. The molecule has 4 rings (SSSR count). The number of halogens is 1. The predicted molar refractivity (Wildman–Crippen MR) is 166 cm³/mol. The van der Waals surface area contributed by atoms with Crippen molar-refractivity contribution in [2.45, 2.75) is 43.8 Å². The number of thioether (sulfide) groups is 2. The summed E-state index contributed by atoms with van der Waals surface area (Å²) >= 11 is 3.40. The van der Waals surface area contributed by atoms with Crippen molar-refractivity contribution in [3.63, 3.8) is 0 Å². The highest BCUT2D eigenvalue weighted by Gasteiger charge is 2.58. The molecule has 5 N–H and O–H groups in total. The summed E-state index contributed by atoms with van der Waals surface area (Å²) in [5, 5.41) is 18.0. The Labute approximate surface area is 276 Å². The van der Waals surface area contributed by atoms with Crippen LogP contribution in [0.15, 0.2) is 10.3 Å². The number of nitrogens with two attached hydrogens (primary N) is 2. The minimum Gasteiger partial charge on any atom is -0.427 e. The second-order valence-electron chi connectivity index (χ2n) is 10.9.